The lowest BCUT2D eigenvalue weighted by molar-refractivity contribution is 0.0751. The molecule has 0 unspecified atom stereocenters. The van der Waals surface area contributed by atoms with Gasteiger partial charge < -0.3 is 4.74 Å². The van der Waals surface area contributed by atoms with E-state index in [-0.39, 0.29) is 0 Å². The number of hydrogen-bond donors (Lipinski definition) is 1. The van der Waals surface area contributed by atoms with Gasteiger partial charge in [-0.15, -0.1) is 5.73 Å². The van der Waals surface area contributed by atoms with Gasteiger partial charge in [0.05, 0.1) is 4.90 Å². The predicted octanol–water partition coefficient (Wildman–Crippen LogP) is 4.14. The Hall–Kier alpha value is -1.87. The number of allylic oxidation sites excluding steroid dienone is 4. The van der Waals surface area contributed by atoms with Gasteiger partial charge in [0.25, 0.3) is 0 Å². The second kappa shape index (κ2) is 9.43. The Kier molecular flexibility index (Phi) is 7.26. The number of ether oxygens (including phenoxy) is 1. The van der Waals surface area contributed by atoms with Crippen molar-refractivity contribution in [2.45, 2.75) is 31.1 Å². The van der Waals surface area contributed by atoms with Crippen LogP contribution in [0.1, 0.15) is 31.7 Å². The average Bonchev–Trinajstić information content (AvgIpc) is 2.63. The molecule has 0 atom stereocenters. The minimum atomic E-state index is -2.54. The molecule has 24 heavy (non-hydrogen) atoms. The van der Waals surface area contributed by atoms with Crippen LogP contribution >= 0.6 is 0 Å². The van der Waals surface area contributed by atoms with Crippen molar-refractivity contribution in [3.05, 3.63) is 65.9 Å². The van der Waals surface area contributed by atoms with E-state index < -0.39 is 10.7 Å². The fourth-order valence-corrected chi connectivity index (χ4v) is 3.24. The first-order valence-electron chi connectivity index (χ1n) is 8.26. The monoisotopic (exact) mass is 344 g/mol. The Morgan fingerprint density at radius 2 is 1.96 bits per heavy atom. The van der Waals surface area contributed by atoms with E-state index in [2.05, 4.69) is 19.2 Å². The SMILES string of the molecule is C=C/C(=C\C=C=C(CC)C1CCOCC1)c1ccc([SH](=O)=O)cc1. The van der Waals surface area contributed by atoms with Crippen molar-refractivity contribution in [3.8, 4) is 0 Å². The maximum atomic E-state index is 11.0. The predicted molar refractivity (Wildman–Crippen MR) is 98.6 cm³/mol. The molecule has 128 valence electrons. The summed E-state index contributed by atoms with van der Waals surface area (Å²) < 4.78 is 27.3. The highest BCUT2D eigenvalue weighted by Gasteiger charge is 2.16. The molecule has 0 saturated carbocycles. The molecule has 1 heterocycles. The molecular weight excluding hydrogens is 320 g/mol. The Labute approximate surface area is 146 Å². The van der Waals surface area contributed by atoms with Gasteiger partial charge in [-0.3, -0.25) is 0 Å². The highest BCUT2D eigenvalue weighted by atomic mass is 32.2. The number of hydrogen-bond acceptors (Lipinski definition) is 3. The van der Waals surface area contributed by atoms with Crippen molar-refractivity contribution >= 4 is 16.3 Å². The van der Waals surface area contributed by atoms with Crippen LogP contribution in [0.2, 0.25) is 0 Å². The van der Waals surface area contributed by atoms with Crippen molar-refractivity contribution in [3.63, 3.8) is 0 Å². The molecule has 0 spiro atoms. The van der Waals surface area contributed by atoms with E-state index in [4.69, 9.17) is 4.74 Å². The Balaban J connectivity index is 2.22. The molecule has 1 saturated heterocycles. The first-order valence-corrected chi connectivity index (χ1v) is 9.44. The van der Waals surface area contributed by atoms with Crippen LogP contribution in [0, 0.1) is 5.92 Å². The molecule has 0 amide bonds. The smallest absolute Gasteiger partial charge is 0.168 e. The molecule has 1 aliphatic heterocycles. The van der Waals surface area contributed by atoms with Crippen LogP contribution in [-0.2, 0) is 15.4 Å². The van der Waals surface area contributed by atoms with Gasteiger partial charge in [0.1, 0.15) is 0 Å². The number of benzene rings is 1. The molecular formula is C20H24O3S. The second-order valence-electron chi connectivity index (χ2n) is 5.71. The zero-order chi connectivity index (χ0) is 17.4. The summed E-state index contributed by atoms with van der Waals surface area (Å²) in [5.74, 6) is 0.563. The summed E-state index contributed by atoms with van der Waals surface area (Å²) >= 11 is 0. The van der Waals surface area contributed by atoms with E-state index in [1.165, 1.54) is 5.57 Å². The van der Waals surface area contributed by atoms with Crippen LogP contribution in [0.3, 0.4) is 0 Å². The van der Waals surface area contributed by atoms with Crippen LogP contribution in [0.15, 0.2) is 65.3 Å². The molecule has 1 fully saturated rings. The fourth-order valence-electron chi connectivity index (χ4n) is 2.85. The maximum Gasteiger partial charge on any atom is 0.168 e. The third kappa shape index (κ3) is 5.07. The lowest BCUT2D eigenvalue weighted by Gasteiger charge is -2.22. The third-order valence-corrected chi connectivity index (χ3v) is 4.98. The first-order chi connectivity index (χ1) is 11.7. The van der Waals surface area contributed by atoms with Gasteiger partial charge in [0.2, 0.25) is 0 Å². The van der Waals surface area contributed by atoms with Crippen molar-refractivity contribution in [1.82, 2.24) is 0 Å². The maximum absolute atomic E-state index is 11.0. The second-order valence-corrected chi connectivity index (χ2v) is 6.74. The third-order valence-electron chi connectivity index (χ3n) is 4.26. The standard InChI is InChI=1S/C20H24O3S/c1-3-16(18-8-10-20(11-9-18)24(21)22)6-5-7-17(4-2)19-12-14-23-15-13-19/h3,5-6,8-11,19,24H,1,4,12-15H2,2H3/b16-6+. The Morgan fingerprint density at radius 1 is 1.29 bits per heavy atom. The Bertz CT molecular complexity index is 719. The average molecular weight is 344 g/mol. The number of thiol groups is 1. The minimum Gasteiger partial charge on any atom is -0.381 e. The number of rotatable bonds is 6. The molecule has 3 nitrogen and oxygen atoms in total. The largest absolute Gasteiger partial charge is 0.381 e. The van der Waals surface area contributed by atoms with Crippen LogP contribution in [0.5, 0.6) is 0 Å². The van der Waals surface area contributed by atoms with E-state index in [0.717, 1.165) is 43.6 Å². The van der Waals surface area contributed by atoms with E-state index >= 15 is 0 Å². The highest BCUT2D eigenvalue weighted by molar-refractivity contribution is 7.72. The van der Waals surface area contributed by atoms with Crippen LogP contribution in [0.4, 0.5) is 0 Å². The molecule has 1 aromatic rings. The summed E-state index contributed by atoms with van der Waals surface area (Å²) in [6, 6.07) is 6.81. The van der Waals surface area contributed by atoms with Crippen LogP contribution in [-0.4, -0.2) is 21.6 Å². The lowest BCUT2D eigenvalue weighted by atomic mass is 9.90. The summed E-state index contributed by atoms with van der Waals surface area (Å²) in [5.41, 5.74) is 6.63. The van der Waals surface area contributed by atoms with Crippen molar-refractivity contribution in [1.29, 1.82) is 0 Å². The minimum absolute atomic E-state index is 0.320. The molecule has 0 bridgehead atoms. The fraction of sp³-hybridized carbons (Fsp3) is 0.350. The van der Waals surface area contributed by atoms with Gasteiger partial charge in [0, 0.05) is 13.2 Å². The van der Waals surface area contributed by atoms with Gasteiger partial charge in [-0.05, 0) is 66.2 Å². The molecule has 0 aliphatic carbocycles. The van der Waals surface area contributed by atoms with Crippen LogP contribution < -0.4 is 0 Å². The first kappa shape index (κ1) is 18.5. The van der Waals surface area contributed by atoms with Gasteiger partial charge in [-0.2, -0.15) is 0 Å². The van der Waals surface area contributed by atoms with Gasteiger partial charge in [-0.1, -0.05) is 31.7 Å². The zero-order valence-electron chi connectivity index (χ0n) is 14.0. The summed E-state index contributed by atoms with van der Waals surface area (Å²) in [5, 5.41) is 0. The van der Waals surface area contributed by atoms with Gasteiger partial charge in [0.15, 0.2) is 10.7 Å². The van der Waals surface area contributed by atoms with E-state index in [1.807, 2.05) is 12.2 Å². The van der Waals surface area contributed by atoms with Crippen molar-refractivity contribution < 1.29 is 13.2 Å². The summed E-state index contributed by atoms with van der Waals surface area (Å²) in [7, 11) is -2.54. The van der Waals surface area contributed by atoms with Crippen LogP contribution in [0.25, 0.3) is 5.57 Å². The van der Waals surface area contributed by atoms with Gasteiger partial charge >= 0.3 is 0 Å². The molecule has 0 N–H and O–H groups in total. The van der Waals surface area contributed by atoms with E-state index in [9.17, 15) is 8.42 Å². The topological polar surface area (TPSA) is 43.4 Å². The lowest BCUT2D eigenvalue weighted by Crippen LogP contribution is -2.16. The highest BCUT2D eigenvalue weighted by Crippen LogP contribution is 2.24. The molecule has 0 aromatic heterocycles. The van der Waals surface area contributed by atoms with E-state index in [1.54, 1.807) is 30.3 Å². The summed E-state index contributed by atoms with van der Waals surface area (Å²) in [4.78, 5) is 0.320. The summed E-state index contributed by atoms with van der Waals surface area (Å²) in [6.45, 7) is 7.67. The molecule has 1 aliphatic rings. The van der Waals surface area contributed by atoms with Gasteiger partial charge in [-0.25, -0.2) is 8.42 Å². The Morgan fingerprint density at radius 3 is 2.50 bits per heavy atom. The quantitative estimate of drug-likeness (QED) is 0.479. The normalized spacial score (nSPS) is 15.8. The molecule has 4 heteroatoms. The molecule has 2 rings (SSSR count). The molecule has 0 radical (unpaired) electrons. The molecule has 1 aromatic carbocycles. The zero-order valence-corrected chi connectivity index (χ0v) is 14.9. The van der Waals surface area contributed by atoms with Crippen molar-refractivity contribution in [2.75, 3.05) is 13.2 Å². The van der Waals surface area contributed by atoms with Crippen molar-refractivity contribution in [2.24, 2.45) is 5.92 Å². The summed E-state index contributed by atoms with van der Waals surface area (Å²) in [6.07, 6.45) is 8.80. The van der Waals surface area contributed by atoms with E-state index in [0.29, 0.717) is 10.8 Å².